The Morgan fingerprint density at radius 1 is 0.944 bits per heavy atom. The first-order valence-electron chi connectivity index (χ1n) is 12.0. The van der Waals surface area contributed by atoms with Crippen LogP contribution in [0, 0.1) is 6.92 Å². The van der Waals surface area contributed by atoms with Crippen LogP contribution < -0.4 is 14.8 Å². The zero-order chi connectivity index (χ0) is 25.1. The molecular formula is C29H30N2O5. The van der Waals surface area contributed by atoms with Gasteiger partial charge >= 0.3 is 0 Å². The third-order valence-corrected chi connectivity index (χ3v) is 6.56. The Hall–Kier alpha value is -3.81. The maximum Gasteiger partial charge on any atom is 0.255 e. The second kappa shape index (κ2) is 10.4. The zero-order valence-electron chi connectivity index (χ0n) is 20.7. The molecule has 3 aromatic carbocycles. The van der Waals surface area contributed by atoms with E-state index in [1.807, 2.05) is 73.7 Å². The fourth-order valence-corrected chi connectivity index (χ4v) is 4.74. The highest BCUT2D eigenvalue weighted by atomic mass is 16.5. The quantitative estimate of drug-likeness (QED) is 0.375. The van der Waals surface area contributed by atoms with Crippen molar-refractivity contribution in [2.75, 3.05) is 45.8 Å². The minimum absolute atomic E-state index is 0.193. The number of ether oxygens (including phenoxy) is 3. The van der Waals surface area contributed by atoms with Crippen molar-refractivity contribution < 1.29 is 23.4 Å². The van der Waals surface area contributed by atoms with E-state index >= 15 is 0 Å². The summed E-state index contributed by atoms with van der Waals surface area (Å²) in [5, 5.41) is 4.00. The molecule has 1 aliphatic rings. The van der Waals surface area contributed by atoms with Gasteiger partial charge in [-0.05, 0) is 37.3 Å². The minimum Gasteiger partial charge on any atom is -0.493 e. The molecule has 186 valence electrons. The second-order valence-corrected chi connectivity index (χ2v) is 8.79. The molecule has 1 aromatic heterocycles. The first-order valence-corrected chi connectivity index (χ1v) is 12.0. The molecule has 0 bridgehead atoms. The Bertz CT molecular complexity index is 1360. The molecule has 4 aromatic rings. The van der Waals surface area contributed by atoms with E-state index in [2.05, 4.69) is 10.2 Å². The number of anilines is 1. The summed E-state index contributed by atoms with van der Waals surface area (Å²) in [5.41, 5.74) is 3.92. The summed E-state index contributed by atoms with van der Waals surface area (Å²) in [4.78, 5) is 15.6. The van der Waals surface area contributed by atoms with Gasteiger partial charge in [0, 0.05) is 29.6 Å². The Morgan fingerprint density at radius 2 is 1.69 bits per heavy atom. The Morgan fingerprint density at radius 3 is 2.42 bits per heavy atom. The molecule has 1 N–H and O–H groups in total. The molecule has 1 aliphatic heterocycles. The number of fused-ring (bicyclic) bond motifs is 1. The van der Waals surface area contributed by atoms with E-state index in [1.165, 1.54) is 0 Å². The average molecular weight is 487 g/mol. The van der Waals surface area contributed by atoms with Crippen LogP contribution in [0.1, 0.15) is 33.3 Å². The van der Waals surface area contributed by atoms with Crippen LogP contribution in [0.4, 0.5) is 5.69 Å². The molecule has 5 rings (SSSR count). The van der Waals surface area contributed by atoms with Gasteiger partial charge in [-0.1, -0.05) is 42.0 Å². The number of benzene rings is 3. The summed E-state index contributed by atoms with van der Waals surface area (Å²) < 4.78 is 23.6. The van der Waals surface area contributed by atoms with Crippen LogP contribution in [-0.2, 0) is 4.74 Å². The summed E-state index contributed by atoms with van der Waals surface area (Å²) in [5.74, 6) is 1.72. The van der Waals surface area contributed by atoms with E-state index in [-0.39, 0.29) is 11.9 Å². The molecule has 1 fully saturated rings. The topological polar surface area (TPSA) is 73.2 Å². The van der Waals surface area contributed by atoms with E-state index in [4.69, 9.17) is 18.6 Å². The van der Waals surface area contributed by atoms with Crippen molar-refractivity contribution in [2.24, 2.45) is 0 Å². The van der Waals surface area contributed by atoms with Crippen molar-refractivity contribution in [3.8, 4) is 11.5 Å². The van der Waals surface area contributed by atoms with Crippen LogP contribution in [0.2, 0.25) is 0 Å². The predicted molar refractivity (Wildman–Crippen MR) is 139 cm³/mol. The van der Waals surface area contributed by atoms with Crippen molar-refractivity contribution in [3.05, 3.63) is 89.2 Å². The highest BCUT2D eigenvalue weighted by Gasteiger charge is 2.34. The summed E-state index contributed by atoms with van der Waals surface area (Å²) in [6, 6.07) is 20.8. The van der Waals surface area contributed by atoms with E-state index < -0.39 is 0 Å². The van der Waals surface area contributed by atoms with Crippen molar-refractivity contribution in [3.63, 3.8) is 0 Å². The average Bonchev–Trinajstić information content (AvgIpc) is 3.27. The lowest BCUT2D eigenvalue weighted by Crippen LogP contribution is -2.39. The maximum absolute atomic E-state index is 13.3. The number of aryl methyl sites for hydroxylation is 1. The Labute approximate surface area is 210 Å². The molecular weight excluding hydrogens is 456 g/mol. The number of morpholine rings is 1. The fourth-order valence-electron chi connectivity index (χ4n) is 4.74. The maximum atomic E-state index is 13.3. The number of amides is 1. The van der Waals surface area contributed by atoms with Gasteiger partial charge in [0.25, 0.3) is 5.91 Å². The highest BCUT2D eigenvalue weighted by molar-refractivity contribution is 6.09. The van der Waals surface area contributed by atoms with E-state index in [9.17, 15) is 4.79 Å². The van der Waals surface area contributed by atoms with Crippen molar-refractivity contribution in [1.29, 1.82) is 0 Å². The third kappa shape index (κ3) is 4.55. The van der Waals surface area contributed by atoms with E-state index in [0.29, 0.717) is 60.4 Å². The van der Waals surface area contributed by atoms with Gasteiger partial charge in [0.05, 0.1) is 39.2 Å². The van der Waals surface area contributed by atoms with Crippen LogP contribution in [0.5, 0.6) is 11.5 Å². The largest absolute Gasteiger partial charge is 0.493 e. The number of furan rings is 1. The number of carbonyl (C=O) groups is 1. The molecule has 7 nitrogen and oxygen atoms in total. The fraction of sp³-hybridized carbons (Fsp3) is 0.276. The Balaban J connectivity index is 1.67. The zero-order valence-corrected chi connectivity index (χ0v) is 20.7. The number of hydrogen-bond acceptors (Lipinski definition) is 6. The molecule has 2 heterocycles. The summed E-state index contributed by atoms with van der Waals surface area (Å²) in [6.07, 6.45) is 0. The number of para-hydroxylation sites is 2. The molecule has 0 spiro atoms. The molecule has 1 saturated heterocycles. The van der Waals surface area contributed by atoms with Crippen LogP contribution in [0.3, 0.4) is 0 Å². The lowest BCUT2D eigenvalue weighted by molar-refractivity contribution is 0.0201. The Kier molecular flexibility index (Phi) is 6.93. The molecule has 7 heteroatoms. The highest BCUT2D eigenvalue weighted by Crippen LogP contribution is 2.45. The van der Waals surface area contributed by atoms with Gasteiger partial charge in [0.2, 0.25) is 0 Å². The number of carbonyl (C=O) groups excluding carboxylic acids is 1. The monoisotopic (exact) mass is 486 g/mol. The molecule has 1 amide bonds. The summed E-state index contributed by atoms with van der Waals surface area (Å²) in [6.45, 7) is 4.61. The molecule has 1 atom stereocenters. The summed E-state index contributed by atoms with van der Waals surface area (Å²) >= 11 is 0. The van der Waals surface area contributed by atoms with E-state index in [0.717, 1.165) is 16.5 Å². The smallest absolute Gasteiger partial charge is 0.255 e. The normalized spacial score (nSPS) is 15.0. The number of nitrogens with one attached hydrogen (secondary N) is 1. The summed E-state index contributed by atoms with van der Waals surface area (Å²) in [7, 11) is 3.26. The first kappa shape index (κ1) is 23.9. The predicted octanol–water partition coefficient (Wildman–Crippen LogP) is 5.43. The van der Waals surface area contributed by atoms with Crippen LogP contribution in [0.15, 0.2) is 71.1 Å². The molecule has 36 heavy (non-hydrogen) atoms. The SMILES string of the molecule is COc1cccc(C(c2oc3ccccc3c2NC(=O)c2ccc(C)cc2)N2CCOCC2)c1OC. The van der Waals surface area contributed by atoms with Gasteiger partial charge in [0.1, 0.15) is 5.58 Å². The van der Waals surface area contributed by atoms with Crippen molar-refractivity contribution >= 4 is 22.6 Å². The van der Waals surface area contributed by atoms with Crippen LogP contribution in [-0.4, -0.2) is 51.3 Å². The number of methoxy groups -OCH3 is 2. The van der Waals surface area contributed by atoms with Crippen LogP contribution in [0.25, 0.3) is 11.0 Å². The lowest BCUT2D eigenvalue weighted by atomic mass is 9.98. The van der Waals surface area contributed by atoms with Gasteiger partial charge in [-0.25, -0.2) is 0 Å². The van der Waals surface area contributed by atoms with Gasteiger partial charge in [0.15, 0.2) is 17.3 Å². The van der Waals surface area contributed by atoms with Gasteiger partial charge in [-0.2, -0.15) is 0 Å². The van der Waals surface area contributed by atoms with E-state index in [1.54, 1.807) is 14.2 Å². The lowest BCUT2D eigenvalue weighted by Gasteiger charge is -2.34. The number of nitrogens with zero attached hydrogens (tertiary/aromatic N) is 1. The molecule has 1 unspecified atom stereocenters. The third-order valence-electron chi connectivity index (χ3n) is 6.56. The standard InChI is InChI=1S/C29H30N2O5/c1-19-11-13-20(14-12-19)29(32)30-25-21-7-4-5-9-23(21)36-28(25)26(31-15-17-35-18-16-31)22-8-6-10-24(33-2)27(22)34-3/h4-14,26H,15-18H2,1-3H3,(H,30,32). The molecule has 0 aliphatic carbocycles. The number of hydrogen-bond donors (Lipinski definition) is 1. The van der Waals surface area contributed by atoms with Gasteiger partial charge < -0.3 is 23.9 Å². The van der Waals surface area contributed by atoms with Crippen LogP contribution >= 0.6 is 0 Å². The van der Waals surface area contributed by atoms with Gasteiger partial charge in [-0.15, -0.1) is 0 Å². The first-order chi connectivity index (χ1) is 17.6. The molecule has 0 saturated carbocycles. The minimum atomic E-state index is -0.334. The van der Waals surface area contributed by atoms with Gasteiger partial charge in [-0.3, -0.25) is 9.69 Å². The second-order valence-electron chi connectivity index (χ2n) is 8.79. The van der Waals surface area contributed by atoms with Crippen molar-refractivity contribution in [1.82, 2.24) is 4.90 Å². The molecule has 0 radical (unpaired) electrons. The number of rotatable bonds is 7. The van der Waals surface area contributed by atoms with Crippen molar-refractivity contribution in [2.45, 2.75) is 13.0 Å².